The molecule has 112 valence electrons. The largest absolute Gasteiger partial charge is 0.416 e. The van der Waals surface area contributed by atoms with E-state index in [0.29, 0.717) is 18.7 Å². The SMILES string of the molecule is CCN1CCCC1CNc1ccc(C(F)(F)F)cc1F. The summed E-state index contributed by atoms with van der Waals surface area (Å²) < 4.78 is 51.0. The molecule has 1 aromatic carbocycles. The van der Waals surface area contributed by atoms with Crippen LogP contribution in [0.25, 0.3) is 0 Å². The van der Waals surface area contributed by atoms with Crippen molar-refractivity contribution in [2.75, 3.05) is 25.0 Å². The van der Waals surface area contributed by atoms with Crippen LogP contribution >= 0.6 is 0 Å². The first-order valence-electron chi connectivity index (χ1n) is 6.76. The van der Waals surface area contributed by atoms with Gasteiger partial charge in [0, 0.05) is 12.6 Å². The molecule has 1 aliphatic rings. The Morgan fingerprint density at radius 3 is 2.70 bits per heavy atom. The Kier molecular flexibility index (Phi) is 4.52. The van der Waals surface area contributed by atoms with E-state index in [4.69, 9.17) is 0 Å². The van der Waals surface area contributed by atoms with Crippen LogP contribution in [0, 0.1) is 5.82 Å². The third-order valence-corrected chi connectivity index (χ3v) is 3.73. The number of rotatable bonds is 4. The van der Waals surface area contributed by atoms with Crippen molar-refractivity contribution in [1.29, 1.82) is 0 Å². The molecule has 1 unspecified atom stereocenters. The molecule has 1 heterocycles. The van der Waals surface area contributed by atoms with Crippen LogP contribution in [-0.4, -0.2) is 30.6 Å². The van der Waals surface area contributed by atoms with Gasteiger partial charge in [-0.3, -0.25) is 4.90 Å². The van der Waals surface area contributed by atoms with E-state index >= 15 is 0 Å². The first kappa shape index (κ1) is 15.1. The molecule has 0 radical (unpaired) electrons. The van der Waals surface area contributed by atoms with E-state index in [1.807, 2.05) is 0 Å². The molecule has 1 saturated heterocycles. The standard InChI is InChI=1S/C14H18F4N2/c1-2-20-7-3-4-11(20)9-19-13-6-5-10(8-12(13)15)14(16,17)18/h5-6,8,11,19H,2-4,7,9H2,1H3. The summed E-state index contributed by atoms with van der Waals surface area (Å²) in [6.45, 7) is 4.58. The lowest BCUT2D eigenvalue weighted by molar-refractivity contribution is -0.137. The molecule has 1 aromatic rings. The molecule has 2 nitrogen and oxygen atoms in total. The van der Waals surface area contributed by atoms with Gasteiger partial charge in [-0.25, -0.2) is 4.39 Å². The van der Waals surface area contributed by atoms with E-state index in [0.717, 1.165) is 38.1 Å². The molecule has 0 amide bonds. The number of hydrogen-bond donors (Lipinski definition) is 1. The maximum Gasteiger partial charge on any atom is 0.416 e. The second-order valence-electron chi connectivity index (χ2n) is 5.00. The fourth-order valence-electron chi connectivity index (χ4n) is 2.61. The summed E-state index contributed by atoms with van der Waals surface area (Å²) in [4.78, 5) is 2.29. The van der Waals surface area contributed by atoms with E-state index in [2.05, 4.69) is 17.1 Å². The molecular weight excluding hydrogens is 272 g/mol. The number of likely N-dealkylation sites (N-methyl/N-ethyl adjacent to an activating group) is 1. The summed E-state index contributed by atoms with van der Waals surface area (Å²) in [6, 6.07) is 2.91. The van der Waals surface area contributed by atoms with Crippen molar-refractivity contribution in [2.45, 2.75) is 32.0 Å². The number of alkyl halides is 3. The van der Waals surface area contributed by atoms with E-state index in [1.54, 1.807) is 0 Å². The zero-order valence-electron chi connectivity index (χ0n) is 11.3. The normalized spacial score (nSPS) is 20.4. The van der Waals surface area contributed by atoms with Gasteiger partial charge in [0.2, 0.25) is 0 Å². The van der Waals surface area contributed by atoms with Gasteiger partial charge in [-0.05, 0) is 44.1 Å². The maximum atomic E-state index is 13.7. The smallest absolute Gasteiger partial charge is 0.381 e. The highest BCUT2D eigenvalue weighted by Gasteiger charge is 2.31. The summed E-state index contributed by atoms with van der Waals surface area (Å²) in [6.07, 6.45) is -2.37. The highest BCUT2D eigenvalue weighted by atomic mass is 19.4. The molecule has 1 N–H and O–H groups in total. The Morgan fingerprint density at radius 2 is 2.10 bits per heavy atom. The summed E-state index contributed by atoms with van der Waals surface area (Å²) in [7, 11) is 0. The average Bonchev–Trinajstić information content (AvgIpc) is 2.83. The van der Waals surface area contributed by atoms with Crippen molar-refractivity contribution in [2.24, 2.45) is 0 Å². The molecular formula is C14H18F4N2. The lowest BCUT2D eigenvalue weighted by Gasteiger charge is -2.23. The molecule has 20 heavy (non-hydrogen) atoms. The van der Waals surface area contributed by atoms with E-state index in [1.165, 1.54) is 0 Å². The predicted octanol–water partition coefficient (Wildman–Crippen LogP) is 3.74. The fourth-order valence-corrected chi connectivity index (χ4v) is 2.61. The van der Waals surface area contributed by atoms with Crippen molar-refractivity contribution in [3.8, 4) is 0 Å². The highest BCUT2D eigenvalue weighted by Crippen LogP contribution is 2.31. The van der Waals surface area contributed by atoms with E-state index in [-0.39, 0.29) is 5.69 Å². The third-order valence-electron chi connectivity index (χ3n) is 3.73. The topological polar surface area (TPSA) is 15.3 Å². The van der Waals surface area contributed by atoms with Crippen LogP contribution in [0.15, 0.2) is 18.2 Å². The van der Waals surface area contributed by atoms with Gasteiger partial charge in [0.15, 0.2) is 0 Å². The first-order valence-corrected chi connectivity index (χ1v) is 6.76. The minimum absolute atomic E-state index is 0.126. The van der Waals surface area contributed by atoms with Crippen LogP contribution in [0.5, 0.6) is 0 Å². The Morgan fingerprint density at radius 1 is 1.35 bits per heavy atom. The van der Waals surface area contributed by atoms with Crippen LogP contribution in [0.2, 0.25) is 0 Å². The number of benzene rings is 1. The number of nitrogens with zero attached hydrogens (tertiary/aromatic N) is 1. The number of halogens is 4. The fraction of sp³-hybridized carbons (Fsp3) is 0.571. The first-order chi connectivity index (χ1) is 9.41. The van der Waals surface area contributed by atoms with Gasteiger partial charge in [0.25, 0.3) is 0 Å². The molecule has 0 saturated carbocycles. The summed E-state index contributed by atoms with van der Waals surface area (Å²) in [5.41, 5.74) is -0.836. The van der Waals surface area contributed by atoms with Crippen LogP contribution in [-0.2, 0) is 6.18 Å². The summed E-state index contributed by atoms with van der Waals surface area (Å²) in [5.74, 6) is -0.860. The van der Waals surface area contributed by atoms with Gasteiger partial charge in [0.1, 0.15) is 5.82 Å². The van der Waals surface area contributed by atoms with E-state index in [9.17, 15) is 17.6 Å². The summed E-state index contributed by atoms with van der Waals surface area (Å²) in [5, 5.41) is 2.91. The number of anilines is 1. The maximum absolute atomic E-state index is 13.7. The molecule has 1 atom stereocenters. The Balaban J connectivity index is 2.00. The Bertz CT molecular complexity index is 459. The van der Waals surface area contributed by atoms with Crippen LogP contribution < -0.4 is 5.32 Å². The molecule has 1 aliphatic heterocycles. The van der Waals surface area contributed by atoms with Gasteiger partial charge in [-0.15, -0.1) is 0 Å². The predicted molar refractivity (Wildman–Crippen MR) is 70.2 cm³/mol. The Hall–Kier alpha value is -1.30. The lowest BCUT2D eigenvalue weighted by atomic mass is 10.1. The highest BCUT2D eigenvalue weighted by molar-refractivity contribution is 5.47. The quantitative estimate of drug-likeness (QED) is 0.850. The van der Waals surface area contributed by atoms with Gasteiger partial charge >= 0.3 is 6.18 Å². The molecule has 2 rings (SSSR count). The Labute approximate surface area is 115 Å². The second-order valence-corrected chi connectivity index (χ2v) is 5.00. The minimum Gasteiger partial charge on any atom is -0.381 e. The summed E-state index contributed by atoms with van der Waals surface area (Å²) >= 11 is 0. The molecule has 0 aliphatic carbocycles. The molecule has 0 spiro atoms. The molecule has 0 aromatic heterocycles. The second kappa shape index (κ2) is 5.99. The van der Waals surface area contributed by atoms with Gasteiger partial charge in [0.05, 0.1) is 11.3 Å². The number of hydrogen-bond acceptors (Lipinski definition) is 2. The third kappa shape index (κ3) is 3.42. The van der Waals surface area contributed by atoms with Gasteiger partial charge in [-0.2, -0.15) is 13.2 Å². The molecule has 0 bridgehead atoms. The molecule has 6 heteroatoms. The van der Waals surface area contributed by atoms with Crippen molar-refractivity contribution < 1.29 is 17.6 Å². The van der Waals surface area contributed by atoms with Crippen LogP contribution in [0.3, 0.4) is 0 Å². The monoisotopic (exact) mass is 290 g/mol. The molecule has 1 fully saturated rings. The van der Waals surface area contributed by atoms with Crippen LogP contribution in [0.1, 0.15) is 25.3 Å². The van der Waals surface area contributed by atoms with Crippen LogP contribution in [0.4, 0.5) is 23.2 Å². The zero-order valence-corrected chi connectivity index (χ0v) is 11.3. The minimum atomic E-state index is -4.51. The van der Waals surface area contributed by atoms with E-state index < -0.39 is 17.6 Å². The van der Waals surface area contributed by atoms with Crippen molar-refractivity contribution >= 4 is 5.69 Å². The van der Waals surface area contributed by atoms with Gasteiger partial charge in [-0.1, -0.05) is 6.92 Å². The zero-order chi connectivity index (χ0) is 14.8. The van der Waals surface area contributed by atoms with Crippen molar-refractivity contribution in [1.82, 2.24) is 4.90 Å². The lowest BCUT2D eigenvalue weighted by Crippen LogP contribution is -2.34. The number of nitrogens with one attached hydrogen (secondary N) is 1. The average molecular weight is 290 g/mol. The van der Waals surface area contributed by atoms with Gasteiger partial charge < -0.3 is 5.32 Å². The number of likely N-dealkylation sites (tertiary alicyclic amines) is 1. The van der Waals surface area contributed by atoms with Crippen molar-refractivity contribution in [3.63, 3.8) is 0 Å². The van der Waals surface area contributed by atoms with Crippen molar-refractivity contribution in [3.05, 3.63) is 29.6 Å².